The van der Waals surface area contributed by atoms with Crippen LogP contribution in [0.2, 0.25) is 0 Å². The van der Waals surface area contributed by atoms with E-state index in [9.17, 15) is 4.89 Å². The Hall–Kier alpha value is 0.243. The Balaban J connectivity index is 0. The van der Waals surface area contributed by atoms with Crippen molar-refractivity contribution < 1.29 is 43.7 Å². The summed E-state index contributed by atoms with van der Waals surface area (Å²) in [7, 11) is -3.05. The third kappa shape index (κ3) is 9.53. The van der Waals surface area contributed by atoms with Crippen LogP contribution in [-0.2, 0) is 24.0 Å². The van der Waals surface area contributed by atoms with Crippen LogP contribution in [-0.4, -0.2) is 11.0 Å². The predicted molar refractivity (Wildman–Crippen MR) is 15.6 cm³/mol. The molecular weight excluding hydrogens is 188 g/mol. The summed E-state index contributed by atoms with van der Waals surface area (Å²) in [6, 6.07) is 0. The van der Waals surface area contributed by atoms with Crippen LogP contribution in [0.15, 0.2) is 0 Å². The molecule has 0 saturated carbocycles. The van der Waals surface area contributed by atoms with Crippen molar-refractivity contribution in [3.05, 3.63) is 0 Å². The monoisotopic (exact) mass is 188 g/mol. The first-order valence-electron chi connectivity index (χ1n) is 1.18. The quantitative estimate of drug-likeness (QED) is 0.378. The van der Waals surface area contributed by atoms with Crippen LogP contribution in [0.5, 0.6) is 0 Å². The van der Waals surface area contributed by atoms with Crippen LogP contribution in [0.25, 0.3) is 0 Å². The summed E-state index contributed by atoms with van der Waals surface area (Å²) in [5.74, 6) is 0. The van der Waals surface area contributed by atoms with E-state index in [1.165, 1.54) is 0 Å². The Morgan fingerprint density at radius 2 is 2.12 bits per heavy atom. The van der Waals surface area contributed by atoms with Crippen molar-refractivity contribution in [1.29, 1.82) is 0 Å². The van der Waals surface area contributed by atoms with Crippen molar-refractivity contribution in [1.82, 2.24) is 0 Å². The second-order valence-electron chi connectivity index (χ2n) is 0.579. The average molecular weight is 189 g/mol. The van der Waals surface area contributed by atoms with Crippen molar-refractivity contribution in [2.75, 3.05) is 0 Å². The zero-order chi connectivity index (χ0) is 5.86. The summed E-state index contributed by atoms with van der Waals surface area (Å²) in [5, 5.41) is 9.13. The van der Waals surface area contributed by atoms with Crippen LogP contribution in [0.3, 0.4) is 0 Å². The molecule has 0 fully saturated rings. The minimum absolute atomic E-state index is 0. The van der Waals surface area contributed by atoms with E-state index in [0.29, 0.717) is 0 Å². The van der Waals surface area contributed by atoms with E-state index < -0.39 is 14.8 Å². The number of hydrogen-bond acceptors (Lipinski definition) is 5. The van der Waals surface area contributed by atoms with E-state index >= 15 is 0 Å². The molecule has 0 aliphatic rings. The van der Waals surface area contributed by atoms with E-state index in [0.717, 1.165) is 0 Å². The van der Waals surface area contributed by atoms with Gasteiger partial charge in [0.25, 0.3) is 6.16 Å². The van der Waals surface area contributed by atoms with Crippen molar-refractivity contribution in [3.8, 4) is 0 Å². The topological polar surface area (TPSA) is 92.7 Å². The minimum atomic E-state index is -3.05. The van der Waals surface area contributed by atoms with Crippen molar-refractivity contribution in [3.63, 3.8) is 0 Å². The molecule has 0 aliphatic carbocycles. The normalized spacial score (nSPS) is 11.2. The van der Waals surface area contributed by atoms with E-state index in [-0.39, 0.29) is 19.5 Å². The van der Waals surface area contributed by atoms with Crippen LogP contribution in [0, 0.1) is 0 Å². The van der Waals surface area contributed by atoms with Gasteiger partial charge in [-0.25, -0.2) is 0 Å². The van der Waals surface area contributed by atoms with E-state index in [4.69, 9.17) is 14.8 Å². The molecule has 0 saturated heterocycles. The molecule has 0 aromatic carbocycles. The summed E-state index contributed by atoms with van der Waals surface area (Å²) in [6.07, 6.45) is -2.00. The third-order valence-corrected chi connectivity index (χ3v) is 0.458. The molecule has 0 rings (SSSR count). The third-order valence-electron chi connectivity index (χ3n) is 0.153. The molecule has 1 N–H and O–H groups in total. The molecule has 0 aromatic heterocycles. The largest absolute Gasteiger partial charge is 2.00 e. The van der Waals surface area contributed by atoms with Crippen LogP contribution in [0.1, 0.15) is 0 Å². The molecule has 42 valence electrons. The van der Waals surface area contributed by atoms with Gasteiger partial charge in [-0.2, -0.15) is 0 Å². The van der Waals surface area contributed by atoms with Crippen LogP contribution in [0.4, 0.5) is 4.79 Å². The van der Waals surface area contributed by atoms with E-state index in [2.05, 4.69) is 4.52 Å². The molecule has 1 unspecified atom stereocenters. The smallest absolute Gasteiger partial charge is 0.792 e. The Bertz CT molecular complexity index is 72.8. The standard InChI is InChI=1S/CH2O5P.Zn/c2-1(3)6-7(4)5;/h4H,(H,2,3);/q-1;+2/p-1. The Morgan fingerprint density at radius 1 is 1.75 bits per heavy atom. The number of carbonyl (C=O) groups is 1. The van der Waals surface area contributed by atoms with Gasteiger partial charge < -0.3 is 24.2 Å². The van der Waals surface area contributed by atoms with Gasteiger partial charge in [0.2, 0.25) is 0 Å². The van der Waals surface area contributed by atoms with Gasteiger partial charge >= 0.3 is 19.5 Å². The van der Waals surface area contributed by atoms with Crippen molar-refractivity contribution in [2.45, 2.75) is 0 Å². The number of hydrogen-bond donors (Lipinski definition) is 1. The van der Waals surface area contributed by atoms with Crippen LogP contribution < -0.4 is 10.00 Å². The van der Waals surface area contributed by atoms with Gasteiger partial charge in [-0.15, -0.1) is 0 Å². The van der Waals surface area contributed by atoms with Gasteiger partial charge in [-0.1, -0.05) is 0 Å². The average Bonchev–Trinajstić information content (AvgIpc) is 1.27. The molecule has 7 heteroatoms. The molecule has 0 amide bonds. The summed E-state index contributed by atoms with van der Waals surface area (Å²) in [5.41, 5.74) is 0. The fourth-order valence-corrected chi connectivity index (χ4v) is 0.191. The van der Waals surface area contributed by atoms with Gasteiger partial charge in [0, 0.05) is 0 Å². The molecule has 0 heterocycles. The first-order chi connectivity index (χ1) is 3.13. The second-order valence-corrected chi connectivity index (χ2v) is 1.24. The molecule has 0 aliphatic heterocycles. The molecule has 8 heavy (non-hydrogen) atoms. The second kappa shape index (κ2) is 5.38. The molecule has 1 atom stereocenters. The molecular formula is CHO5PZn. The predicted octanol–water partition coefficient (Wildman–Crippen LogP) is -2.08. The fourth-order valence-electron chi connectivity index (χ4n) is 0.0638. The maximum atomic E-state index is 9.31. The van der Waals surface area contributed by atoms with E-state index in [1.54, 1.807) is 0 Å². The van der Waals surface area contributed by atoms with Gasteiger partial charge in [0.05, 0.1) is 8.60 Å². The first kappa shape index (κ1) is 11.1. The van der Waals surface area contributed by atoms with Crippen molar-refractivity contribution in [2.24, 2.45) is 0 Å². The van der Waals surface area contributed by atoms with Crippen LogP contribution >= 0.6 is 8.60 Å². The zero-order valence-electron chi connectivity index (χ0n) is 3.73. The molecule has 5 nitrogen and oxygen atoms in total. The SMILES string of the molecule is O=C([O-])OP([O-])O.[Zn+2]. The molecule has 0 radical (unpaired) electrons. The maximum Gasteiger partial charge on any atom is 2.00 e. The summed E-state index contributed by atoms with van der Waals surface area (Å²) < 4.78 is 3.12. The number of carboxylic acid groups (broad SMARTS) is 1. The van der Waals surface area contributed by atoms with Gasteiger partial charge in [0.1, 0.15) is 0 Å². The first-order valence-corrected chi connectivity index (χ1v) is 2.31. The Kier molecular flexibility index (Phi) is 7.46. The van der Waals surface area contributed by atoms with Crippen molar-refractivity contribution >= 4 is 14.8 Å². The maximum absolute atomic E-state index is 9.31. The summed E-state index contributed by atoms with van der Waals surface area (Å²) >= 11 is 0. The van der Waals surface area contributed by atoms with Gasteiger partial charge in [-0.3, -0.25) is 0 Å². The molecule has 0 bridgehead atoms. The number of carbonyl (C=O) groups excluding carboxylic acids is 1. The Labute approximate surface area is 59.0 Å². The summed E-state index contributed by atoms with van der Waals surface area (Å²) in [4.78, 5) is 26.0. The molecule has 0 spiro atoms. The zero-order valence-corrected chi connectivity index (χ0v) is 7.60. The minimum Gasteiger partial charge on any atom is -0.792 e. The van der Waals surface area contributed by atoms with Gasteiger partial charge in [0.15, 0.2) is 0 Å². The molecule has 0 aromatic rings. The fraction of sp³-hybridized carbons (Fsp3) is 0. The Morgan fingerprint density at radius 3 is 2.12 bits per heavy atom. The van der Waals surface area contributed by atoms with Gasteiger partial charge in [-0.05, 0) is 0 Å². The summed E-state index contributed by atoms with van der Waals surface area (Å²) in [6.45, 7) is 0. The van der Waals surface area contributed by atoms with E-state index in [1.807, 2.05) is 0 Å². The number of rotatable bonds is 1.